The van der Waals surface area contributed by atoms with Crippen molar-refractivity contribution in [3.8, 4) is 34.8 Å². The van der Waals surface area contributed by atoms with E-state index in [0.717, 1.165) is 13.0 Å². The molecule has 0 aliphatic carbocycles. The number of hydrogen-bond acceptors (Lipinski definition) is 7. The van der Waals surface area contributed by atoms with Crippen molar-refractivity contribution in [3.05, 3.63) is 28.9 Å². The van der Waals surface area contributed by atoms with Gasteiger partial charge in [-0.25, -0.2) is 4.39 Å². The van der Waals surface area contributed by atoms with Crippen LogP contribution in [0.3, 0.4) is 0 Å². The van der Waals surface area contributed by atoms with Crippen molar-refractivity contribution in [1.29, 1.82) is 5.26 Å². The van der Waals surface area contributed by atoms with Gasteiger partial charge in [0, 0.05) is 30.9 Å². The van der Waals surface area contributed by atoms with E-state index in [1.54, 1.807) is 18.3 Å². The van der Waals surface area contributed by atoms with E-state index in [1.165, 1.54) is 14.2 Å². The molecule has 0 saturated heterocycles. The molecular formula is C22H25ClFN5O3. The third-order valence-corrected chi connectivity index (χ3v) is 5.25. The molecule has 0 radical (unpaired) electrons. The van der Waals surface area contributed by atoms with E-state index < -0.39 is 6.67 Å². The second-order valence-corrected chi connectivity index (χ2v) is 7.37. The summed E-state index contributed by atoms with van der Waals surface area (Å²) in [4.78, 5) is 13.9. The fourth-order valence-corrected chi connectivity index (χ4v) is 3.68. The highest BCUT2D eigenvalue weighted by Gasteiger charge is 2.20. The summed E-state index contributed by atoms with van der Waals surface area (Å²) in [5.41, 5.74) is 1.80. The van der Waals surface area contributed by atoms with E-state index in [2.05, 4.69) is 21.0 Å². The average Bonchev–Trinajstić information content (AvgIpc) is 3.22. The third-order valence-electron chi connectivity index (χ3n) is 4.94. The van der Waals surface area contributed by atoms with E-state index >= 15 is 0 Å². The van der Waals surface area contributed by atoms with Gasteiger partial charge in [-0.05, 0) is 19.0 Å². The Hall–Kier alpha value is -3.09. The lowest BCUT2D eigenvalue weighted by Crippen LogP contribution is -2.31. The number of aromatic amines is 1. The van der Waals surface area contributed by atoms with Crippen LogP contribution in [0.15, 0.2) is 18.3 Å². The van der Waals surface area contributed by atoms with Gasteiger partial charge in [-0.3, -0.25) is 4.90 Å². The molecule has 0 spiro atoms. The van der Waals surface area contributed by atoms with E-state index in [4.69, 9.17) is 25.8 Å². The fourth-order valence-electron chi connectivity index (χ4n) is 3.43. The van der Waals surface area contributed by atoms with Crippen molar-refractivity contribution in [2.75, 3.05) is 47.1 Å². The molecule has 3 rings (SSSR count). The topological polar surface area (TPSA) is 96.3 Å². The molecule has 0 amide bonds. The molecule has 0 unspecified atom stereocenters. The number of alkyl halides is 1. The standard InChI is InChI=1S/C22H25ClFN5O3/c1-4-6-29(7-5-24)8-9-32-22-27-20(19-14(12-25)13-26-21(19)28-22)15-10-17(30-2)18(31-3)11-16(15)23/h10-11,13H,4-9H2,1-3H3,(H,26,27,28). The summed E-state index contributed by atoms with van der Waals surface area (Å²) in [6, 6.07) is 5.60. The predicted octanol–water partition coefficient (Wildman–Crippen LogP) is 4.23. The molecule has 2 aromatic heterocycles. The Morgan fingerprint density at radius 1 is 1.16 bits per heavy atom. The number of nitrogens with one attached hydrogen (secondary N) is 1. The first kappa shape index (κ1) is 23.6. The molecular weight excluding hydrogens is 437 g/mol. The molecule has 32 heavy (non-hydrogen) atoms. The maximum absolute atomic E-state index is 12.8. The Morgan fingerprint density at radius 3 is 2.56 bits per heavy atom. The van der Waals surface area contributed by atoms with Crippen LogP contribution < -0.4 is 14.2 Å². The van der Waals surface area contributed by atoms with Crippen LogP contribution in [0.2, 0.25) is 5.02 Å². The monoisotopic (exact) mass is 461 g/mol. The third kappa shape index (κ3) is 5.03. The molecule has 2 heterocycles. The van der Waals surface area contributed by atoms with Crippen LogP contribution >= 0.6 is 11.6 Å². The largest absolute Gasteiger partial charge is 0.493 e. The molecule has 8 nitrogen and oxygen atoms in total. The first-order valence-electron chi connectivity index (χ1n) is 10.2. The summed E-state index contributed by atoms with van der Waals surface area (Å²) in [5, 5.41) is 10.4. The zero-order chi connectivity index (χ0) is 23.1. The van der Waals surface area contributed by atoms with Gasteiger partial charge in [-0.1, -0.05) is 18.5 Å². The number of methoxy groups -OCH3 is 2. The van der Waals surface area contributed by atoms with Crippen LogP contribution in [-0.4, -0.2) is 67.0 Å². The molecule has 0 saturated carbocycles. The smallest absolute Gasteiger partial charge is 0.319 e. The number of ether oxygens (including phenoxy) is 3. The predicted molar refractivity (Wildman–Crippen MR) is 120 cm³/mol. The molecule has 170 valence electrons. The number of nitrogens with zero attached hydrogens (tertiary/aromatic N) is 4. The second kappa shape index (κ2) is 11.0. The number of nitriles is 1. The molecule has 0 aliphatic heterocycles. The van der Waals surface area contributed by atoms with Crippen molar-refractivity contribution in [1.82, 2.24) is 19.9 Å². The van der Waals surface area contributed by atoms with E-state index in [1.807, 2.05) is 11.8 Å². The van der Waals surface area contributed by atoms with Gasteiger partial charge in [-0.15, -0.1) is 0 Å². The SMILES string of the molecule is CCCN(CCF)CCOc1nc(-c2cc(OC)c(OC)cc2Cl)c2c(C#N)c[nH]c2n1. The van der Waals surface area contributed by atoms with E-state index in [0.29, 0.717) is 57.5 Å². The Bertz CT molecular complexity index is 1110. The number of aromatic nitrogens is 3. The minimum Gasteiger partial charge on any atom is -0.493 e. The summed E-state index contributed by atoms with van der Waals surface area (Å²) < 4.78 is 29.3. The van der Waals surface area contributed by atoms with Gasteiger partial charge in [0.15, 0.2) is 11.5 Å². The molecule has 1 N–H and O–H groups in total. The number of H-pyrrole nitrogens is 1. The van der Waals surface area contributed by atoms with Gasteiger partial charge in [0.25, 0.3) is 0 Å². The zero-order valence-electron chi connectivity index (χ0n) is 18.2. The minimum absolute atomic E-state index is 0.126. The van der Waals surface area contributed by atoms with Crippen molar-refractivity contribution in [2.24, 2.45) is 0 Å². The lowest BCUT2D eigenvalue weighted by Gasteiger charge is -2.19. The summed E-state index contributed by atoms with van der Waals surface area (Å²) in [7, 11) is 3.05. The molecule has 1 aromatic carbocycles. The molecule has 0 bridgehead atoms. The highest BCUT2D eigenvalue weighted by atomic mass is 35.5. The number of benzene rings is 1. The van der Waals surface area contributed by atoms with Crippen LogP contribution in [-0.2, 0) is 0 Å². The summed E-state index contributed by atoms with van der Waals surface area (Å²) >= 11 is 6.53. The van der Waals surface area contributed by atoms with E-state index in [9.17, 15) is 9.65 Å². The highest BCUT2D eigenvalue weighted by Crippen LogP contribution is 2.40. The van der Waals surface area contributed by atoms with Gasteiger partial charge in [0.1, 0.15) is 25.0 Å². The van der Waals surface area contributed by atoms with Gasteiger partial charge < -0.3 is 19.2 Å². The quantitative estimate of drug-likeness (QED) is 0.456. The average molecular weight is 462 g/mol. The number of rotatable bonds is 11. The number of fused-ring (bicyclic) bond motifs is 1. The van der Waals surface area contributed by atoms with Crippen molar-refractivity contribution < 1.29 is 18.6 Å². The Morgan fingerprint density at radius 2 is 1.91 bits per heavy atom. The fraction of sp³-hybridized carbons (Fsp3) is 0.409. The Balaban J connectivity index is 2.01. The minimum atomic E-state index is -0.413. The van der Waals surface area contributed by atoms with Crippen LogP contribution in [0, 0.1) is 11.3 Å². The van der Waals surface area contributed by atoms with E-state index in [-0.39, 0.29) is 12.6 Å². The lowest BCUT2D eigenvalue weighted by atomic mass is 10.1. The summed E-state index contributed by atoms with van der Waals surface area (Å²) in [6.07, 6.45) is 2.48. The second-order valence-electron chi connectivity index (χ2n) is 6.96. The molecule has 0 aliphatic rings. The Labute approximate surface area is 190 Å². The van der Waals surface area contributed by atoms with Crippen molar-refractivity contribution in [3.63, 3.8) is 0 Å². The van der Waals surface area contributed by atoms with Gasteiger partial charge in [0.2, 0.25) is 0 Å². The maximum Gasteiger partial charge on any atom is 0.319 e. The normalized spacial score (nSPS) is 11.0. The molecule has 0 atom stereocenters. The van der Waals surface area contributed by atoms with Crippen LogP contribution in [0.25, 0.3) is 22.3 Å². The summed E-state index contributed by atoms with van der Waals surface area (Å²) in [5.74, 6) is 0.943. The van der Waals surface area contributed by atoms with Gasteiger partial charge >= 0.3 is 6.01 Å². The first-order valence-corrected chi connectivity index (χ1v) is 10.6. The number of hydrogen-bond donors (Lipinski definition) is 1. The summed E-state index contributed by atoms with van der Waals surface area (Å²) in [6.45, 7) is 3.59. The number of halogens is 2. The molecule has 10 heteroatoms. The van der Waals surface area contributed by atoms with Gasteiger partial charge in [0.05, 0.1) is 35.9 Å². The van der Waals surface area contributed by atoms with Crippen LogP contribution in [0.4, 0.5) is 4.39 Å². The Kier molecular flexibility index (Phi) is 8.09. The lowest BCUT2D eigenvalue weighted by molar-refractivity contribution is 0.190. The van der Waals surface area contributed by atoms with Crippen molar-refractivity contribution in [2.45, 2.75) is 13.3 Å². The zero-order valence-corrected chi connectivity index (χ0v) is 19.0. The first-order chi connectivity index (χ1) is 15.6. The van der Waals surface area contributed by atoms with Gasteiger partial charge in [-0.2, -0.15) is 15.2 Å². The van der Waals surface area contributed by atoms with Crippen LogP contribution in [0.5, 0.6) is 17.5 Å². The van der Waals surface area contributed by atoms with Crippen LogP contribution in [0.1, 0.15) is 18.9 Å². The highest BCUT2D eigenvalue weighted by molar-refractivity contribution is 6.34. The maximum atomic E-state index is 12.8. The molecule has 0 fully saturated rings. The molecule has 3 aromatic rings. The van der Waals surface area contributed by atoms with Crippen molar-refractivity contribution >= 4 is 22.6 Å².